The summed E-state index contributed by atoms with van der Waals surface area (Å²) in [5.74, 6) is 0. The zero-order valence-corrected chi connectivity index (χ0v) is 29.0. The van der Waals surface area contributed by atoms with Crippen molar-refractivity contribution in [3.8, 4) is 0 Å². The Balaban J connectivity index is -0.00000612. The van der Waals surface area contributed by atoms with E-state index < -0.39 is 0 Å². The fraction of sp³-hybridized carbons (Fsp3) is 1.00. The highest BCUT2D eigenvalue weighted by atomic mass is 35.5. The van der Waals surface area contributed by atoms with Crippen LogP contribution in [0.4, 0.5) is 0 Å². The van der Waals surface area contributed by atoms with Crippen LogP contribution in [0.25, 0.3) is 0 Å². The minimum Gasteiger partial charge on any atom is -1.00 e. The van der Waals surface area contributed by atoms with E-state index in [1.54, 1.807) is 0 Å². The molecule has 0 atom stereocenters. The van der Waals surface area contributed by atoms with Gasteiger partial charge in [0.25, 0.3) is 0 Å². The first-order chi connectivity index (χ1) is 17.3. The van der Waals surface area contributed by atoms with E-state index in [4.69, 9.17) is 0 Å². The number of halogens is 2. The summed E-state index contributed by atoms with van der Waals surface area (Å²) < 4.78 is 2.47. The second-order valence-electron chi connectivity index (χ2n) is 13.5. The van der Waals surface area contributed by atoms with Crippen LogP contribution in [-0.2, 0) is 0 Å². The van der Waals surface area contributed by atoms with E-state index in [0.29, 0.717) is 0 Å². The Kier molecular flexibility index (Phi) is 34.4. The number of unbranched alkanes of at least 4 members (excludes halogenated alkanes) is 21. The van der Waals surface area contributed by atoms with E-state index >= 15 is 0 Å². The lowest BCUT2D eigenvalue weighted by molar-refractivity contribution is -0.891. The van der Waals surface area contributed by atoms with E-state index in [2.05, 4.69) is 42.0 Å². The summed E-state index contributed by atoms with van der Waals surface area (Å²) in [4.78, 5) is 0. The quantitative estimate of drug-likeness (QED) is 0.0899. The first-order valence-corrected chi connectivity index (χ1v) is 17.0. The number of quaternary nitrogens is 2. The van der Waals surface area contributed by atoms with Gasteiger partial charge in [-0.15, -0.1) is 0 Å². The van der Waals surface area contributed by atoms with Gasteiger partial charge in [0.1, 0.15) is 0 Å². The van der Waals surface area contributed by atoms with Gasteiger partial charge in [-0.25, -0.2) is 0 Å². The van der Waals surface area contributed by atoms with Gasteiger partial charge in [0, 0.05) is 0 Å². The third-order valence-electron chi connectivity index (χ3n) is 8.51. The maximum absolute atomic E-state index is 2.46. The van der Waals surface area contributed by atoms with Crippen molar-refractivity contribution < 1.29 is 33.8 Å². The summed E-state index contributed by atoms with van der Waals surface area (Å²) in [6.07, 6.45) is 34.6. The monoisotopic (exact) mass is 581 g/mol. The highest BCUT2D eigenvalue weighted by molar-refractivity contribution is 4.50. The summed E-state index contributed by atoms with van der Waals surface area (Å²) in [6.45, 7) is 10.1. The van der Waals surface area contributed by atoms with Crippen molar-refractivity contribution in [1.29, 1.82) is 0 Å². The Morgan fingerprint density at radius 2 is 0.421 bits per heavy atom. The van der Waals surface area contributed by atoms with E-state index in [9.17, 15) is 0 Å². The van der Waals surface area contributed by atoms with Crippen LogP contribution < -0.4 is 24.8 Å². The molecule has 0 aromatic rings. The second kappa shape index (κ2) is 30.5. The molecule has 0 aliphatic rings. The molecule has 0 aliphatic heterocycles. The van der Waals surface area contributed by atoms with E-state index in [1.807, 2.05) is 0 Å². The standard InChI is InChI=1S/C34H74N2.2ClH/c1-7-9-11-13-15-17-19-21-23-27-31-35(3,4)33-29-25-26-30-34-36(5,6)32-28-24-22-20-18-16-14-12-10-8-2;;/h7-34H2,1-6H3;2*1H/q+2;;/p-2. The smallest absolute Gasteiger partial charge is 0.0782 e. The van der Waals surface area contributed by atoms with E-state index in [0.717, 1.165) is 0 Å². The summed E-state index contributed by atoms with van der Waals surface area (Å²) >= 11 is 0. The second-order valence-corrected chi connectivity index (χ2v) is 13.5. The molecule has 38 heavy (non-hydrogen) atoms. The van der Waals surface area contributed by atoms with Crippen LogP contribution >= 0.6 is 0 Å². The Labute approximate surface area is 255 Å². The summed E-state index contributed by atoms with van der Waals surface area (Å²) in [5, 5.41) is 0. The molecule has 0 amide bonds. The first kappa shape index (κ1) is 43.0. The maximum atomic E-state index is 2.46. The number of nitrogens with zero attached hydrogens (tertiary/aromatic N) is 2. The molecule has 0 rings (SSSR count). The van der Waals surface area contributed by atoms with Gasteiger partial charge >= 0.3 is 0 Å². The van der Waals surface area contributed by atoms with Gasteiger partial charge in [0.2, 0.25) is 0 Å². The van der Waals surface area contributed by atoms with Gasteiger partial charge in [0.05, 0.1) is 54.4 Å². The molecule has 0 heterocycles. The molecule has 0 saturated carbocycles. The first-order valence-electron chi connectivity index (χ1n) is 17.0. The molecular formula is C34H74Cl2N2. The summed E-state index contributed by atoms with van der Waals surface area (Å²) in [7, 11) is 9.83. The topological polar surface area (TPSA) is 0 Å². The molecule has 0 aliphatic carbocycles. The molecule has 0 spiro atoms. The highest BCUT2D eigenvalue weighted by Crippen LogP contribution is 2.15. The van der Waals surface area contributed by atoms with Gasteiger partial charge in [-0.3, -0.25) is 0 Å². The zero-order chi connectivity index (χ0) is 26.8. The molecule has 0 N–H and O–H groups in total. The van der Waals surface area contributed by atoms with Crippen molar-refractivity contribution in [1.82, 2.24) is 0 Å². The fourth-order valence-electron chi connectivity index (χ4n) is 5.71. The average Bonchev–Trinajstić information content (AvgIpc) is 2.83. The fourth-order valence-corrected chi connectivity index (χ4v) is 5.71. The normalized spacial score (nSPS) is 11.8. The van der Waals surface area contributed by atoms with Gasteiger partial charge in [-0.05, 0) is 51.4 Å². The number of hydrogen-bond donors (Lipinski definition) is 0. The largest absolute Gasteiger partial charge is 1.00 e. The Hall–Kier alpha value is 0.500. The Bertz CT molecular complexity index is 400. The van der Waals surface area contributed by atoms with Crippen molar-refractivity contribution >= 4 is 0 Å². The molecular weight excluding hydrogens is 507 g/mol. The maximum Gasteiger partial charge on any atom is 0.0782 e. The zero-order valence-electron chi connectivity index (χ0n) is 27.4. The van der Waals surface area contributed by atoms with Crippen LogP contribution in [0, 0.1) is 0 Å². The van der Waals surface area contributed by atoms with Gasteiger partial charge in [0.15, 0.2) is 0 Å². The van der Waals surface area contributed by atoms with E-state index in [1.165, 1.54) is 189 Å². The molecule has 0 aromatic carbocycles. The summed E-state index contributed by atoms with van der Waals surface area (Å²) in [5.41, 5.74) is 0. The molecule has 0 aromatic heterocycles. The van der Waals surface area contributed by atoms with Crippen LogP contribution in [0.3, 0.4) is 0 Å². The molecule has 0 unspecified atom stereocenters. The van der Waals surface area contributed by atoms with Crippen LogP contribution in [0.2, 0.25) is 0 Å². The molecule has 234 valence electrons. The van der Waals surface area contributed by atoms with Crippen molar-refractivity contribution in [2.45, 2.75) is 168 Å². The number of rotatable bonds is 29. The van der Waals surface area contributed by atoms with Crippen LogP contribution in [-0.4, -0.2) is 63.3 Å². The van der Waals surface area contributed by atoms with Crippen LogP contribution in [0.1, 0.15) is 168 Å². The number of hydrogen-bond acceptors (Lipinski definition) is 0. The third kappa shape index (κ3) is 32.7. The van der Waals surface area contributed by atoms with Crippen molar-refractivity contribution in [3.05, 3.63) is 0 Å². The molecule has 4 heteroatoms. The Morgan fingerprint density at radius 1 is 0.263 bits per heavy atom. The van der Waals surface area contributed by atoms with Crippen LogP contribution in [0.5, 0.6) is 0 Å². The molecule has 0 saturated heterocycles. The predicted octanol–water partition coefficient (Wildman–Crippen LogP) is 4.55. The molecule has 0 radical (unpaired) electrons. The van der Waals surface area contributed by atoms with E-state index in [-0.39, 0.29) is 24.8 Å². The van der Waals surface area contributed by atoms with Crippen molar-refractivity contribution in [2.24, 2.45) is 0 Å². The molecule has 0 bridgehead atoms. The molecule has 0 fully saturated rings. The summed E-state index contributed by atoms with van der Waals surface area (Å²) in [6, 6.07) is 0. The average molecular weight is 582 g/mol. The lowest BCUT2D eigenvalue weighted by atomic mass is 10.1. The minimum atomic E-state index is 0. The van der Waals surface area contributed by atoms with Gasteiger partial charge in [-0.1, -0.05) is 117 Å². The Morgan fingerprint density at radius 3 is 0.605 bits per heavy atom. The minimum absolute atomic E-state index is 0. The lowest BCUT2D eigenvalue weighted by Crippen LogP contribution is -3.00. The molecule has 2 nitrogen and oxygen atoms in total. The van der Waals surface area contributed by atoms with Crippen molar-refractivity contribution in [2.75, 3.05) is 54.4 Å². The third-order valence-corrected chi connectivity index (χ3v) is 8.51. The van der Waals surface area contributed by atoms with Crippen molar-refractivity contribution in [3.63, 3.8) is 0 Å². The lowest BCUT2D eigenvalue weighted by Gasteiger charge is -2.31. The van der Waals surface area contributed by atoms with Gasteiger partial charge < -0.3 is 33.8 Å². The SMILES string of the molecule is CCCCCCCCCCCC[N+](C)(C)CCCCCC[N+](C)(C)CCCCCCCCCCCC.[Cl-].[Cl-]. The van der Waals surface area contributed by atoms with Gasteiger partial charge in [-0.2, -0.15) is 0 Å². The predicted molar refractivity (Wildman–Crippen MR) is 166 cm³/mol. The van der Waals surface area contributed by atoms with Crippen LogP contribution in [0.15, 0.2) is 0 Å². The highest BCUT2D eigenvalue weighted by Gasteiger charge is 2.15.